The first kappa shape index (κ1) is 16.0. The molecule has 5 nitrogen and oxygen atoms in total. The molecule has 0 N–H and O–H groups in total. The third-order valence-electron chi connectivity index (χ3n) is 3.28. The summed E-state index contributed by atoms with van der Waals surface area (Å²) in [6.45, 7) is 1.67. The van der Waals surface area contributed by atoms with Crippen LogP contribution in [0.15, 0.2) is 70.3 Å². The van der Waals surface area contributed by atoms with Crippen LogP contribution in [0.25, 0.3) is 11.3 Å². The van der Waals surface area contributed by atoms with Crippen LogP contribution in [0.2, 0.25) is 5.02 Å². The van der Waals surface area contributed by atoms with Gasteiger partial charge in [0.2, 0.25) is 0 Å². The summed E-state index contributed by atoms with van der Waals surface area (Å²) < 4.78 is 5.25. The van der Waals surface area contributed by atoms with Gasteiger partial charge >= 0.3 is 5.97 Å². The van der Waals surface area contributed by atoms with E-state index in [0.29, 0.717) is 27.8 Å². The van der Waals surface area contributed by atoms with Gasteiger partial charge in [0, 0.05) is 16.7 Å². The van der Waals surface area contributed by atoms with Crippen LogP contribution in [-0.2, 0) is 4.84 Å². The lowest BCUT2D eigenvalue weighted by atomic mass is 10.1. The second-order valence-electron chi connectivity index (χ2n) is 5.00. The highest BCUT2D eigenvalue weighted by Crippen LogP contribution is 2.19. The topological polar surface area (TPSA) is 64.7 Å². The van der Waals surface area contributed by atoms with Crippen LogP contribution in [-0.4, -0.2) is 16.8 Å². The Bertz CT molecular complexity index is 871. The molecule has 1 aromatic heterocycles. The molecule has 0 bridgehead atoms. The molecule has 1 heterocycles. The van der Waals surface area contributed by atoms with E-state index < -0.39 is 5.97 Å². The molecule has 0 amide bonds. The quantitative estimate of drug-likeness (QED) is 0.396. The van der Waals surface area contributed by atoms with Crippen LogP contribution in [0.3, 0.4) is 0 Å². The molecule has 0 aliphatic rings. The summed E-state index contributed by atoms with van der Waals surface area (Å²) in [6.07, 6.45) is 0. The average molecular weight is 341 g/mol. The van der Waals surface area contributed by atoms with Gasteiger partial charge in [-0.15, -0.1) is 0 Å². The number of hydrogen-bond acceptors (Lipinski definition) is 5. The second kappa shape index (κ2) is 7.10. The van der Waals surface area contributed by atoms with Crippen LogP contribution in [0, 0.1) is 0 Å². The second-order valence-corrected chi connectivity index (χ2v) is 5.44. The van der Waals surface area contributed by atoms with Crippen LogP contribution in [0.1, 0.15) is 23.0 Å². The van der Waals surface area contributed by atoms with E-state index in [0.717, 1.165) is 5.56 Å². The average Bonchev–Trinajstić information content (AvgIpc) is 3.11. The van der Waals surface area contributed by atoms with Gasteiger partial charge in [-0.25, -0.2) is 4.79 Å². The molecule has 0 aliphatic carbocycles. The molecule has 0 saturated heterocycles. The lowest BCUT2D eigenvalue weighted by Crippen LogP contribution is -2.03. The predicted molar refractivity (Wildman–Crippen MR) is 91.0 cm³/mol. The standard InChI is InChI=1S/C18H13ClN2O3/c1-12(20-24-18(22)14-7-9-15(19)10-8-14)17-11-16(21-23-17)13-5-3-2-4-6-13/h2-11H,1H3/b20-12-. The highest BCUT2D eigenvalue weighted by Gasteiger charge is 2.11. The van der Waals surface area contributed by atoms with Crippen molar-refractivity contribution in [2.45, 2.75) is 6.92 Å². The number of benzene rings is 2. The number of hydrogen-bond donors (Lipinski definition) is 0. The Labute approximate surface area is 143 Å². The molecule has 0 spiro atoms. The molecule has 0 unspecified atom stereocenters. The minimum atomic E-state index is -0.575. The van der Waals surface area contributed by atoms with Crippen molar-refractivity contribution in [1.29, 1.82) is 0 Å². The Morgan fingerprint density at radius 3 is 2.54 bits per heavy atom. The van der Waals surface area contributed by atoms with E-state index >= 15 is 0 Å². The highest BCUT2D eigenvalue weighted by molar-refractivity contribution is 6.30. The van der Waals surface area contributed by atoms with E-state index in [1.807, 2.05) is 30.3 Å². The molecule has 0 fully saturated rings. The maximum Gasteiger partial charge on any atom is 0.365 e. The fraction of sp³-hybridized carbons (Fsp3) is 0.0556. The number of halogens is 1. The molecule has 24 heavy (non-hydrogen) atoms. The van der Waals surface area contributed by atoms with E-state index in [-0.39, 0.29) is 0 Å². The molecule has 120 valence electrons. The van der Waals surface area contributed by atoms with Crippen molar-refractivity contribution in [2.24, 2.45) is 5.16 Å². The molecule has 3 rings (SSSR count). The van der Waals surface area contributed by atoms with Crippen molar-refractivity contribution < 1.29 is 14.2 Å². The van der Waals surface area contributed by atoms with Gasteiger partial charge in [0.25, 0.3) is 0 Å². The first-order valence-electron chi connectivity index (χ1n) is 7.17. The number of nitrogens with zero attached hydrogens (tertiary/aromatic N) is 2. The van der Waals surface area contributed by atoms with Gasteiger partial charge < -0.3 is 9.36 Å². The third-order valence-corrected chi connectivity index (χ3v) is 3.53. The van der Waals surface area contributed by atoms with E-state index in [9.17, 15) is 4.79 Å². The zero-order chi connectivity index (χ0) is 16.9. The molecule has 0 aliphatic heterocycles. The first-order valence-corrected chi connectivity index (χ1v) is 7.55. The largest absolute Gasteiger partial charge is 0.365 e. The maximum atomic E-state index is 11.9. The highest BCUT2D eigenvalue weighted by atomic mass is 35.5. The lowest BCUT2D eigenvalue weighted by molar-refractivity contribution is 0.0516. The summed E-state index contributed by atoms with van der Waals surface area (Å²) in [4.78, 5) is 16.8. The zero-order valence-corrected chi connectivity index (χ0v) is 13.5. The van der Waals surface area contributed by atoms with E-state index in [1.54, 1.807) is 37.3 Å². The van der Waals surface area contributed by atoms with Gasteiger partial charge in [0.05, 0.1) is 5.56 Å². The molecular weight excluding hydrogens is 328 g/mol. The number of aromatic nitrogens is 1. The van der Waals surface area contributed by atoms with Crippen molar-refractivity contribution in [3.63, 3.8) is 0 Å². The molecule has 0 saturated carbocycles. The van der Waals surface area contributed by atoms with Crippen LogP contribution in [0.5, 0.6) is 0 Å². The maximum absolute atomic E-state index is 11.9. The molecular formula is C18H13ClN2O3. The third kappa shape index (κ3) is 3.70. The van der Waals surface area contributed by atoms with Gasteiger partial charge in [0.1, 0.15) is 11.4 Å². The van der Waals surface area contributed by atoms with Crippen molar-refractivity contribution in [3.05, 3.63) is 77.0 Å². The van der Waals surface area contributed by atoms with Gasteiger partial charge in [-0.05, 0) is 31.2 Å². The Hall–Kier alpha value is -2.92. The predicted octanol–water partition coefficient (Wildman–Crippen LogP) is 4.58. The summed E-state index contributed by atoms with van der Waals surface area (Å²) in [7, 11) is 0. The molecule has 6 heteroatoms. The number of carbonyl (C=O) groups excluding carboxylic acids is 1. The molecule has 0 atom stereocenters. The minimum Gasteiger partial charge on any atom is -0.354 e. The Kier molecular flexibility index (Phi) is 4.72. The van der Waals surface area contributed by atoms with Gasteiger partial charge in [-0.3, -0.25) is 0 Å². The van der Waals surface area contributed by atoms with Gasteiger partial charge in [-0.2, -0.15) is 0 Å². The number of rotatable bonds is 4. The Morgan fingerprint density at radius 1 is 1.12 bits per heavy atom. The van der Waals surface area contributed by atoms with Crippen LogP contribution in [0.4, 0.5) is 0 Å². The van der Waals surface area contributed by atoms with E-state index in [2.05, 4.69) is 10.3 Å². The van der Waals surface area contributed by atoms with E-state index in [4.69, 9.17) is 21.0 Å². The minimum absolute atomic E-state index is 0.360. The van der Waals surface area contributed by atoms with Crippen molar-refractivity contribution in [2.75, 3.05) is 0 Å². The Balaban J connectivity index is 1.71. The lowest BCUT2D eigenvalue weighted by Gasteiger charge is -1.99. The van der Waals surface area contributed by atoms with Gasteiger partial charge in [-0.1, -0.05) is 52.2 Å². The smallest absolute Gasteiger partial charge is 0.354 e. The molecule has 2 aromatic carbocycles. The summed E-state index contributed by atoms with van der Waals surface area (Å²) in [6, 6.07) is 17.7. The number of carbonyl (C=O) groups is 1. The fourth-order valence-corrected chi connectivity index (χ4v) is 2.11. The zero-order valence-electron chi connectivity index (χ0n) is 12.8. The first-order chi connectivity index (χ1) is 11.6. The summed E-state index contributed by atoms with van der Waals surface area (Å²) in [5.74, 6) is -0.147. The summed E-state index contributed by atoms with van der Waals surface area (Å²) in [5, 5.41) is 8.33. The van der Waals surface area contributed by atoms with E-state index in [1.165, 1.54) is 0 Å². The van der Waals surface area contributed by atoms with Crippen LogP contribution < -0.4 is 0 Å². The Morgan fingerprint density at radius 2 is 1.83 bits per heavy atom. The molecule has 3 aromatic rings. The van der Waals surface area contributed by atoms with Crippen LogP contribution >= 0.6 is 11.6 Å². The summed E-state index contributed by atoms with van der Waals surface area (Å²) in [5.41, 5.74) is 2.38. The molecule has 0 radical (unpaired) electrons. The fourth-order valence-electron chi connectivity index (χ4n) is 1.98. The van der Waals surface area contributed by atoms with Gasteiger partial charge in [0.15, 0.2) is 5.76 Å². The summed E-state index contributed by atoms with van der Waals surface area (Å²) >= 11 is 5.78. The SMILES string of the molecule is C/C(=N/OC(=O)c1ccc(Cl)cc1)c1cc(-c2ccccc2)no1. The number of oxime groups is 1. The van der Waals surface area contributed by atoms with Crippen molar-refractivity contribution >= 4 is 23.3 Å². The van der Waals surface area contributed by atoms with Crippen molar-refractivity contribution in [3.8, 4) is 11.3 Å². The monoisotopic (exact) mass is 340 g/mol. The normalized spacial score (nSPS) is 11.3. The van der Waals surface area contributed by atoms with Crippen molar-refractivity contribution in [1.82, 2.24) is 5.16 Å².